The van der Waals surface area contributed by atoms with Crippen LogP contribution in [0, 0.1) is 6.92 Å². The van der Waals surface area contributed by atoms with Crippen LogP contribution in [0.25, 0.3) is 0 Å². The lowest BCUT2D eigenvalue weighted by Crippen LogP contribution is -2.38. The molecule has 6 nitrogen and oxygen atoms in total. The highest BCUT2D eigenvalue weighted by molar-refractivity contribution is 5.91. The molecule has 1 aliphatic rings. The molecule has 28 heavy (non-hydrogen) atoms. The van der Waals surface area contributed by atoms with Crippen molar-refractivity contribution in [2.45, 2.75) is 19.9 Å². The normalized spacial score (nSPS) is 15.0. The van der Waals surface area contributed by atoms with Crippen LogP contribution in [-0.2, 0) is 6.54 Å². The van der Waals surface area contributed by atoms with Gasteiger partial charge in [-0.15, -0.1) is 0 Å². The maximum atomic E-state index is 12.8. The second-order valence-electron chi connectivity index (χ2n) is 7.10. The highest BCUT2D eigenvalue weighted by atomic mass is 16.5. The van der Waals surface area contributed by atoms with Crippen LogP contribution >= 0.6 is 0 Å². The molecule has 1 fully saturated rings. The van der Waals surface area contributed by atoms with Crippen molar-refractivity contribution in [3.63, 3.8) is 0 Å². The van der Waals surface area contributed by atoms with Crippen LogP contribution in [0.3, 0.4) is 0 Å². The number of rotatable bonds is 5. The van der Waals surface area contributed by atoms with Gasteiger partial charge in [0.05, 0.1) is 19.9 Å². The Bertz CT molecular complexity index is 792. The first-order valence-corrected chi connectivity index (χ1v) is 9.65. The summed E-state index contributed by atoms with van der Waals surface area (Å²) < 4.78 is 10.6. The van der Waals surface area contributed by atoms with Crippen molar-refractivity contribution >= 4 is 11.7 Å². The van der Waals surface area contributed by atoms with Crippen LogP contribution in [0.2, 0.25) is 0 Å². The number of hydrogen-bond donors (Lipinski definition) is 1. The van der Waals surface area contributed by atoms with Crippen LogP contribution in [0.5, 0.6) is 11.5 Å². The molecule has 3 rings (SSSR count). The molecule has 2 aromatic carbocycles. The van der Waals surface area contributed by atoms with Crippen molar-refractivity contribution < 1.29 is 14.3 Å². The molecule has 1 N–H and O–H groups in total. The number of methoxy groups -OCH3 is 2. The van der Waals surface area contributed by atoms with E-state index < -0.39 is 0 Å². The molecular formula is C22H29N3O3. The Morgan fingerprint density at radius 3 is 2.50 bits per heavy atom. The van der Waals surface area contributed by atoms with Gasteiger partial charge in [0.15, 0.2) is 0 Å². The van der Waals surface area contributed by atoms with E-state index in [0.717, 1.165) is 43.9 Å². The summed E-state index contributed by atoms with van der Waals surface area (Å²) in [4.78, 5) is 17.0. The molecule has 2 amide bonds. The van der Waals surface area contributed by atoms with Crippen LogP contribution in [0.15, 0.2) is 42.5 Å². The van der Waals surface area contributed by atoms with Gasteiger partial charge in [0.25, 0.3) is 0 Å². The predicted molar refractivity (Wildman–Crippen MR) is 111 cm³/mol. The van der Waals surface area contributed by atoms with Gasteiger partial charge < -0.3 is 19.7 Å². The molecule has 0 spiro atoms. The zero-order chi connectivity index (χ0) is 19.9. The van der Waals surface area contributed by atoms with Crippen molar-refractivity contribution in [2.24, 2.45) is 0 Å². The Balaban J connectivity index is 1.57. The van der Waals surface area contributed by atoms with Gasteiger partial charge in [0.1, 0.15) is 11.5 Å². The molecule has 0 atom stereocenters. The van der Waals surface area contributed by atoms with Gasteiger partial charge >= 0.3 is 6.03 Å². The van der Waals surface area contributed by atoms with Gasteiger partial charge in [-0.1, -0.05) is 18.2 Å². The Morgan fingerprint density at radius 2 is 1.79 bits per heavy atom. The largest absolute Gasteiger partial charge is 0.497 e. The standard InChI is InChI=1S/C22H29N3O3/c1-17-5-10-21(28-3)20(15-17)23-22(26)25-12-4-11-24(13-14-25)16-18-6-8-19(27-2)9-7-18/h5-10,15H,4,11-14,16H2,1-3H3,(H,23,26). The third-order valence-electron chi connectivity index (χ3n) is 5.04. The fraction of sp³-hybridized carbons (Fsp3) is 0.409. The highest BCUT2D eigenvalue weighted by Crippen LogP contribution is 2.25. The summed E-state index contributed by atoms with van der Waals surface area (Å²) in [5.74, 6) is 1.55. The number of hydrogen-bond acceptors (Lipinski definition) is 4. The molecular weight excluding hydrogens is 354 g/mol. The molecule has 0 aromatic heterocycles. The van der Waals surface area contributed by atoms with Gasteiger partial charge in [-0.2, -0.15) is 0 Å². The van der Waals surface area contributed by atoms with Crippen molar-refractivity contribution in [1.82, 2.24) is 9.80 Å². The van der Waals surface area contributed by atoms with E-state index in [-0.39, 0.29) is 6.03 Å². The minimum Gasteiger partial charge on any atom is -0.497 e. The zero-order valence-corrected chi connectivity index (χ0v) is 16.9. The lowest BCUT2D eigenvalue weighted by atomic mass is 10.2. The number of carbonyl (C=O) groups excluding carboxylic acids is 1. The SMILES string of the molecule is COc1ccc(CN2CCCN(C(=O)Nc3cc(C)ccc3OC)CC2)cc1. The number of ether oxygens (including phenoxy) is 2. The number of anilines is 1. The summed E-state index contributed by atoms with van der Waals surface area (Å²) in [5, 5.41) is 3.01. The second-order valence-corrected chi connectivity index (χ2v) is 7.10. The Hall–Kier alpha value is -2.73. The summed E-state index contributed by atoms with van der Waals surface area (Å²) in [6.45, 7) is 6.16. The number of carbonyl (C=O) groups is 1. The van der Waals surface area contributed by atoms with Crippen LogP contribution in [0.4, 0.5) is 10.5 Å². The van der Waals surface area contributed by atoms with E-state index in [1.54, 1.807) is 14.2 Å². The van der Waals surface area contributed by atoms with E-state index in [9.17, 15) is 4.79 Å². The maximum Gasteiger partial charge on any atom is 0.321 e. The number of benzene rings is 2. The van der Waals surface area contributed by atoms with Gasteiger partial charge in [-0.3, -0.25) is 4.90 Å². The lowest BCUT2D eigenvalue weighted by Gasteiger charge is -2.23. The van der Waals surface area contributed by atoms with Crippen LogP contribution in [0.1, 0.15) is 17.5 Å². The van der Waals surface area contributed by atoms with E-state index in [1.807, 2.05) is 42.2 Å². The van der Waals surface area contributed by atoms with Gasteiger partial charge in [-0.05, 0) is 48.7 Å². The highest BCUT2D eigenvalue weighted by Gasteiger charge is 2.20. The molecule has 1 saturated heterocycles. The van der Waals surface area contributed by atoms with Crippen molar-refractivity contribution in [3.05, 3.63) is 53.6 Å². The molecule has 6 heteroatoms. The van der Waals surface area contributed by atoms with E-state index in [2.05, 4.69) is 22.3 Å². The summed E-state index contributed by atoms with van der Waals surface area (Å²) in [5.41, 5.74) is 3.05. The number of nitrogens with one attached hydrogen (secondary N) is 1. The van der Waals surface area contributed by atoms with E-state index in [4.69, 9.17) is 9.47 Å². The first-order chi connectivity index (χ1) is 13.6. The number of urea groups is 1. The molecule has 2 aromatic rings. The molecule has 1 aliphatic heterocycles. The van der Waals surface area contributed by atoms with E-state index in [0.29, 0.717) is 18.0 Å². The van der Waals surface area contributed by atoms with Gasteiger partial charge in [0, 0.05) is 32.7 Å². The summed E-state index contributed by atoms with van der Waals surface area (Å²) in [7, 11) is 3.29. The maximum absolute atomic E-state index is 12.8. The summed E-state index contributed by atoms with van der Waals surface area (Å²) in [6.07, 6.45) is 0.953. The Kier molecular flexibility index (Phi) is 6.76. The summed E-state index contributed by atoms with van der Waals surface area (Å²) in [6, 6.07) is 13.9. The summed E-state index contributed by atoms with van der Waals surface area (Å²) >= 11 is 0. The number of aryl methyl sites for hydroxylation is 1. The quantitative estimate of drug-likeness (QED) is 0.854. The zero-order valence-electron chi connectivity index (χ0n) is 16.9. The second kappa shape index (κ2) is 9.46. The average Bonchev–Trinajstić information content (AvgIpc) is 2.94. The smallest absolute Gasteiger partial charge is 0.321 e. The molecule has 0 aliphatic carbocycles. The minimum atomic E-state index is -0.0739. The van der Waals surface area contributed by atoms with E-state index >= 15 is 0 Å². The fourth-order valence-corrected chi connectivity index (χ4v) is 3.44. The number of amides is 2. The van der Waals surface area contributed by atoms with Crippen LogP contribution in [-0.4, -0.2) is 56.2 Å². The Labute approximate surface area is 167 Å². The fourth-order valence-electron chi connectivity index (χ4n) is 3.44. The number of nitrogens with zero attached hydrogens (tertiary/aromatic N) is 2. The molecule has 0 saturated carbocycles. The average molecular weight is 383 g/mol. The van der Waals surface area contributed by atoms with Crippen molar-refractivity contribution in [3.8, 4) is 11.5 Å². The molecule has 150 valence electrons. The first kappa shape index (κ1) is 20.0. The van der Waals surface area contributed by atoms with Crippen LogP contribution < -0.4 is 14.8 Å². The Morgan fingerprint density at radius 1 is 1.00 bits per heavy atom. The molecule has 0 radical (unpaired) electrons. The predicted octanol–water partition coefficient (Wildman–Crippen LogP) is 3.75. The van der Waals surface area contributed by atoms with Gasteiger partial charge in [0.2, 0.25) is 0 Å². The lowest BCUT2D eigenvalue weighted by molar-refractivity contribution is 0.211. The van der Waals surface area contributed by atoms with Crippen molar-refractivity contribution in [2.75, 3.05) is 45.7 Å². The molecule has 0 unspecified atom stereocenters. The molecule has 0 bridgehead atoms. The third-order valence-corrected chi connectivity index (χ3v) is 5.04. The van der Waals surface area contributed by atoms with Crippen molar-refractivity contribution in [1.29, 1.82) is 0 Å². The minimum absolute atomic E-state index is 0.0739. The topological polar surface area (TPSA) is 54.0 Å². The van der Waals surface area contributed by atoms with E-state index in [1.165, 1.54) is 5.56 Å². The first-order valence-electron chi connectivity index (χ1n) is 9.65. The molecule has 1 heterocycles. The monoisotopic (exact) mass is 383 g/mol. The third kappa shape index (κ3) is 5.16. The van der Waals surface area contributed by atoms with Gasteiger partial charge in [-0.25, -0.2) is 4.79 Å².